The molecule has 0 aromatic heterocycles. The van der Waals surface area contributed by atoms with Crippen molar-refractivity contribution < 1.29 is 9.53 Å². The van der Waals surface area contributed by atoms with Gasteiger partial charge in [0.2, 0.25) is 5.91 Å². The van der Waals surface area contributed by atoms with E-state index < -0.39 is 0 Å². The van der Waals surface area contributed by atoms with Crippen molar-refractivity contribution in [3.05, 3.63) is 29.3 Å². The number of benzene rings is 1. The molecule has 2 N–H and O–H groups in total. The predicted octanol–water partition coefficient (Wildman–Crippen LogP) is 2.57. The second-order valence-electron chi connectivity index (χ2n) is 5.37. The Labute approximate surface area is 121 Å². The fourth-order valence-electron chi connectivity index (χ4n) is 1.94. The molecule has 4 heteroatoms. The second kappa shape index (κ2) is 7.90. The first-order valence-electron chi connectivity index (χ1n) is 7.14. The molecule has 1 unspecified atom stereocenters. The monoisotopic (exact) mass is 278 g/mol. The Morgan fingerprint density at radius 1 is 1.30 bits per heavy atom. The van der Waals surface area contributed by atoms with Crippen LogP contribution in [0.4, 0.5) is 0 Å². The van der Waals surface area contributed by atoms with Crippen molar-refractivity contribution in [2.24, 2.45) is 0 Å². The molecule has 0 aliphatic rings. The highest BCUT2D eigenvalue weighted by molar-refractivity contribution is 5.76. The first-order valence-corrected chi connectivity index (χ1v) is 7.14. The SMILES string of the molecule is CNC(C)c1cc(C)ccc1OCCC(=O)NC(C)C. The van der Waals surface area contributed by atoms with Crippen LogP contribution in [0, 0.1) is 6.92 Å². The summed E-state index contributed by atoms with van der Waals surface area (Å²) < 4.78 is 5.77. The molecular weight excluding hydrogens is 252 g/mol. The lowest BCUT2D eigenvalue weighted by Gasteiger charge is -2.17. The van der Waals surface area contributed by atoms with Gasteiger partial charge in [0, 0.05) is 17.6 Å². The van der Waals surface area contributed by atoms with Gasteiger partial charge in [0.05, 0.1) is 13.0 Å². The maximum Gasteiger partial charge on any atom is 0.223 e. The molecule has 112 valence electrons. The zero-order chi connectivity index (χ0) is 15.1. The van der Waals surface area contributed by atoms with Gasteiger partial charge in [-0.25, -0.2) is 0 Å². The summed E-state index contributed by atoms with van der Waals surface area (Å²) in [6.45, 7) is 8.45. The molecule has 0 spiro atoms. The number of hydrogen-bond acceptors (Lipinski definition) is 3. The number of aryl methyl sites for hydroxylation is 1. The molecule has 0 saturated carbocycles. The molecule has 1 rings (SSSR count). The van der Waals surface area contributed by atoms with Gasteiger partial charge in [-0.05, 0) is 40.8 Å². The van der Waals surface area contributed by atoms with Crippen molar-refractivity contribution in [1.82, 2.24) is 10.6 Å². The smallest absolute Gasteiger partial charge is 0.223 e. The summed E-state index contributed by atoms with van der Waals surface area (Å²) in [5, 5.41) is 6.07. The van der Waals surface area contributed by atoms with Gasteiger partial charge < -0.3 is 15.4 Å². The van der Waals surface area contributed by atoms with Crippen LogP contribution in [-0.2, 0) is 4.79 Å². The summed E-state index contributed by atoms with van der Waals surface area (Å²) in [7, 11) is 1.92. The van der Waals surface area contributed by atoms with Gasteiger partial charge in [-0.15, -0.1) is 0 Å². The molecule has 1 amide bonds. The summed E-state index contributed by atoms with van der Waals surface area (Å²) in [5.41, 5.74) is 2.32. The average Bonchev–Trinajstić information content (AvgIpc) is 2.38. The highest BCUT2D eigenvalue weighted by atomic mass is 16.5. The van der Waals surface area contributed by atoms with E-state index in [1.807, 2.05) is 33.0 Å². The minimum atomic E-state index is 0.0235. The topological polar surface area (TPSA) is 50.4 Å². The van der Waals surface area contributed by atoms with E-state index in [0.717, 1.165) is 11.3 Å². The quantitative estimate of drug-likeness (QED) is 0.806. The summed E-state index contributed by atoms with van der Waals surface area (Å²) in [4.78, 5) is 11.6. The average molecular weight is 278 g/mol. The molecule has 0 bridgehead atoms. The summed E-state index contributed by atoms with van der Waals surface area (Å²) in [6, 6.07) is 6.50. The molecule has 0 aliphatic heterocycles. The van der Waals surface area contributed by atoms with Crippen molar-refractivity contribution in [2.45, 2.75) is 46.2 Å². The lowest BCUT2D eigenvalue weighted by atomic mass is 10.0. The maximum absolute atomic E-state index is 11.6. The summed E-state index contributed by atoms with van der Waals surface area (Å²) >= 11 is 0. The van der Waals surface area contributed by atoms with Crippen LogP contribution in [-0.4, -0.2) is 25.6 Å². The van der Waals surface area contributed by atoms with Crippen molar-refractivity contribution in [3.63, 3.8) is 0 Å². The normalized spacial score (nSPS) is 12.3. The maximum atomic E-state index is 11.6. The van der Waals surface area contributed by atoms with Crippen LogP contribution in [0.25, 0.3) is 0 Å². The zero-order valence-corrected chi connectivity index (χ0v) is 13.1. The van der Waals surface area contributed by atoms with E-state index >= 15 is 0 Å². The van der Waals surface area contributed by atoms with Crippen LogP contribution in [0.2, 0.25) is 0 Å². The number of hydrogen-bond donors (Lipinski definition) is 2. The third kappa shape index (κ3) is 5.21. The van der Waals surface area contributed by atoms with Crippen molar-refractivity contribution in [1.29, 1.82) is 0 Å². The van der Waals surface area contributed by atoms with E-state index in [-0.39, 0.29) is 18.0 Å². The Kier molecular flexibility index (Phi) is 6.52. The number of carbonyl (C=O) groups excluding carboxylic acids is 1. The highest BCUT2D eigenvalue weighted by Crippen LogP contribution is 2.26. The molecule has 0 radical (unpaired) electrons. The number of nitrogens with one attached hydrogen (secondary N) is 2. The third-order valence-electron chi connectivity index (χ3n) is 3.10. The Morgan fingerprint density at radius 3 is 2.60 bits per heavy atom. The molecule has 0 heterocycles. The Balaban J connectivity index is 2.61. The molecule has 1 aromatic rings. The number of rotatable bonds is 7. The largest absolute Gasteiger partial charge is 0.493 e. The molecule has 1 aromatic carbocycles. The molecule has 4 nitrogen and oxygen atoms in total. The van der Waals surface area contributed by atoms with Crippen molar-refractivity contribution in [3.8, 4) is 5.75 Å². The van der Waals surface area contributed by atoms with Crippen molar-refractivity contribution >= 4 is 5.91 Å². The van der Waals surface area contributed by atoms with Crippen LogP contribution in [0.5, 0.6) is 5.75 Å². The van der Waals surface area contributed by atoms with Gasteiger partial charge in [0.25, 0.3) is 0 Å². The van der Waals surface area contributed by atoms with Gasteiger partial charge in [0.1, 0.15) is 5.75 Å². The fraction of sp³-hybridized carbons (Fsp3) is 0.562. The molecule has 1 atom stereocenters. The lowest BCUT2D eigenvalue weighted by molar-refractivity contribution is -0.122. The van der Waals surface area contributed by atoms with E-state index in [1.54, 1.807) is 0 Å². The van der Waals surface area contributed by atoms with Crippen LogP contribution < -0.4 is 15.4 Å². The molecule has 20 heavy (non-hydrogen) atoms. The van der Waals surface area contributed by atoms with Gasteiger partial charge in [-0.3, -0.25) is 4.79 Å². The van der Waals surface area contributed by atoms with Crippen LogP contribution in [0.3, 0.4) is 0 Å². The van der Waals surface area contributed by atoms with Crippen molar-refractivity contribution in [2.75, 3.05) is 13.7 Å². The second-order valence-corrected chi connectivity index (χ2v) is 5.37. The molecular formula is C16H26N2O2. The van der Waals surface area contributed by atoms with Gasteiger partial charge >= 0.3 is 0 Å². The van der Waals surface area contributed by atoms with E-state index in [4.69, 9.17) is 4.74 Å². The van der Waals surface area contributed by atoms with E-state index in [9.17, 15) is 4.79 Å². The Hall–Kier alpha value is -1.55. The van der Waals surface area contributed by atoms with Gasteiger partial charge in [0.15, 0.2) is 0 Å². The number of ether oxygens (including phenoxy) is 1. The first-order chi connectivity index (χ1) is 9.43. The van der Waals surface area contributed by atoms with Crippen LogP contribution >= 0.6 is 0 Å². The van der Waals surface area contributed by atoms with Crippen LogP contribution in [0.1, 0.15) is 44.4 Å². The summed E-state index contributed by atoms with van der Waals surface area (Å²) in [6.07, 6.45) is 0.374. The van der Waals surface area contributed by atoms with E-state index in [2.05, 4.69) is 30.5 Å². The van der Waals surface area contributed by atoms with E-state index in [1.165, 1.54) is 5.56 Å². The first kappa shape index (κ1) is 16.5. The number of carbonyl (C=O) groups is 1. The van der Waals surface area contributed by atoms with Gasteiger partial charge in [-0.1, -0.05) is 17.7 Å². The fourth-order valence-corrected chi connectivity index (χ4v) is 1.94. The summed E-state index contributed by atoms with van der Waals surface area (Å²) in [5.74, 6) is 0.866. The zero-order valence-electron chi connectivity index (χ0n) is 13.1. The van der Waals surface area contributed by atoms with E-state index in [0.29, 0.717) is 13.0 Å². The highest BCUT2D eigenvalue weighted by Gasteiger charge is 2.11. The third-order valence-corrected chi connectivity index (χ3v) is 3.10. The molecule has 0 aliphatic carbocycles. The minimum absolute atomic E-state index is 0.0235. The minimum Gasteiger partial charge on any atom is -0.493 e. The Bertz CT molecular complexity index is 444. The molecule has 0 saturated heterocycles. The predicted molar refractivity (Wildman–Crippen MR) is 82.0 cm³/mol. The Morgan fingerprint density at radius 2 is 2.00 bits per heavy atom. The standard InChI is InChI=1S/C16H26N2O2/c1-11(2)18-16(19)8-9-20-15-7-6-12(3)10-14(15)13(4)17-5/h6-7,10-11,13,17H,8-9H2,1-5H3,(H,18,19). The number of amides is 1. The lowest BCUT2D eigenvalue weighted by Crippen LogP contribution is -2.31. The van der Waals surface area contributed by atoms with Gasteiger partial charge in [-0.2, -0.15) is 0 Å². The molecule has 0 fully saturated rings. The van der Waals surface area contributed by atoms with Crippen LogP contribution in [0.15, 0.2) is 18.2 Å².